The Morgan fingerprint density at radius 1 is 1.12 bits per heavy atom. The number of carbonyl (C=O) groups is 2. The van der Waals surface area contributed by atoms with Gasteiger partial charge in [0.1, 0.15) is 0 Å². The smallest absolute Gasteiger partial charge is 0.243 e. The Labute approximate surface area is 141 Å². The molecule has 0 atom stereocenters. The fraction of sp³-hybridized carbons (Fsp3) is 0.467. The second-order valence-electron chi connectivity index (χ2n) is 5.39. The van der Waals surface area contributed by atoms with Gasteiger partial charge in [-0.2, -0.15) is 4.31 Å². The normalized spacial score (nSPS) is 15.7. The Morgan fingerprint density at radius 3 is 2.33 bits per heavy atom. The van der Waals surface area contributed by atoms with Crippen LogP contribution in [0.25, 0.3) is 0 Å². The largest absolute Gasteiger partial charge is 0.379 e. The molecule has 9 heteroatoms. The Hall–Kier alpha value is -1.97. The molecule has 1 aliphatic rings. The third-order valence-electron chi connectivity index (χ3n) is 3.55. The van der Waals surface area contributed by atoms with Crippen molar-refractivity contribution in [2.24, 2.45) is 0 Å². The number of sulfonamides is 1. The lowest BCUT2D eigenvalue weighted by molar-refractivity contribution is -0.127. The van der Waals surface area contributed by atoms with Gasteiger partial charge in [0.05, 0.1) is 18.1 Å². The number of hydrogen-bond acceptors (Lipinski definition) is 5. The molecule has 2 amide bonds. The lowest BCUT2D eigenvalue weighted by Gasteiger charge is -2.26. The second-order valence-corrected chi connectivity index (χ2v) is 7.33. The minimum atomic E-state index is -3.50. The molecule has 1 heterocycles. The molecule has 8 nitrogen and oxygen atoms in total. The maximum atomic E-state index is 12.5. The number of aryl methyl sites for hydroxylation is 1. The summed E-state index contributed by atoms with van der Waals surface area (Å²) in [5.41, 5.74) is 5.33. The van der Waals surface area contributed by atoms with E-state index in [2.05, 4.69) is 10.9 Å². The van der Waals surface area contributed by atoms with Crippen molar-refractivity contribution in [2.45, 2.75) is 24.7 Å². The van der Waals surface area contributed by atoms with Crippen molar-refractivity contribution in [1.29, 1.82) is 0 Å². The molecule has 0 spiro atoms. The number of morpholine rings is 1. The Morgan fingerprint density at radius 2 is 1.75 bits per heavy atom. The van der Waals surface area contributed by atoms with E-state index in [9.17, 15) is 18.0 Å². The van der Waals surface area contributed by atoms with E-state index in [-0.39, 0.29) is 23.1 Å². The van der Waals surface area contributed by atoms with E-state index in [1.807, 2.05) is 0 Å². The zero-order valence-electron chi connectivity index (χ0n) is 13.4. The number of nitrogens with one attached hydrogen (secondary N) is 2. The maximum Gasteiger partial charge on any atom is 0.243 e. The van der Waals surface area contributed by atoms with E-state index in [1.165, 1.54) is 11.2 Å². The summed E-state index contributed by atoms with van der Waals surface area (Å²) in [4.78, 5) is 22.4. The molecule has 24 heavy (non-hydrogen) atoms. The molecule has 1 saturated heterocycles. The molecule has 1 aliphatic heterocycles. The minimum absolute atomic E-state index is 0.190. The van der Waals surface area contributed by atoms with Crippen LogP contribution < -0.4 is 10.9 Å². The summed E-state index contributed by atoms with van der Waals surface area (Å²) < 4.78 is 31.5. The first-order valence-electron chi connectivity index (χ1n) is 7.62. The summed E-state index contributed by atoms with van der Waals surface area (Å²) in [6.45, 7) is 2.82. The Balaban J connectivity index is 1.92. The first-order chi connectivity index (χ1) is 11.4. The van der Waals surface area contributed by atoms with Gasteiger partial charge in [-0.15, -0.1) is 0 Å². The molecule has 0 saturated carbocycles. The van der Waals surface area contributed by atoms with Crippen LogP contribution in [0, 0.1) is 0 Å². The van der Waals surface area contributed by atoms with Gasteiger partial charge in [0.25, 0.3) is 0 Å². The zero-order valence-corrected chi connectivity index (χ0v) is 14.3. The van der Waals surface area contributed by atoms with Gasteiger partial charge in [0.15, 0.2) is 0 Å². The highest BCUT2D eigenvalue weighted by Crippen LogP contribution is 2.18. The van der Waals surface area contributed by atoms with Crippen LogP contribution >= 0.6 is 0 Å². The molecule has 132 valence electrons. The number of ether oxygens (including phenoxy) is 1. The van der Waals surface area contributed by atoms with Crippen molar-refractivity contribution >= 4 is 21.8 Å². The number of benzene rings is 1. The molecule has 0 unspecified atom stereocenters. The molecule has 0 bridgehead atoms. The number of hydrazine groups is 1. The SMILES string of the molecule is CC(=O)NNC(=O)CCc1ccc(S(=O)(=O)N2CCOCC2)cc1. The van der Waals surface area contributed by atoms with E-state index >= 15 is 0 Å². The van der Waals surface area contributed by atoms with Crippen molar-refractivity contribution in [1.82, 2.24) is 15.2 Å². The molecule has 2 N–H and O–H groups in total. The predicted molar refractivity (Wildman–Crippen MR) is 86.3 cm³/mol. The summed E-state index contributed by atoms with van der Waals surface area (Å²) in [6, 6.07) is 6.48. The van der Waals surface area contributed by atoms with E-state index in [1.54, 1.807) is 24.3 Å². The van der Waals surface area contributed by atoms with Gasteiger partial charge in [-0.1, -0.05) is 12.1 Å². The van der Waals surface area contributed by atoms with Gasteiger partial charge in [0, 0.05) is 26.4 Å². The molecule has 1 aromatic carbocycles. The second kappa shape index (κ2) is 8.22. The van der Waals surface area contributed by atoms with Crippen LogP contribution in [0.15, 0.2) is 29.2 Å². The molecular formula is C15H21N3O5S. The molecule has 0 aliphatic carbocycles. The monoisotopic (exact) mass is 355 g/mol. The fourth-order valence-electron chi connectivity index (χ4n) is 2.24. The van der Waals surface area contributed by atoms with Crippen LogP contribution in [0.4, 0.5) is 0 Å². The molecule has 1 aromatic rings. The minimum Gasteiger partial charge on any atom is -0.379 e. The van der Waals surface area contributed by atoms with Gasteiger partial charge in [-0.25, -0.2) is 8.42 Å². The average Bonchev–Trinajstić information content (AvgIpc) is 2.59. The predicted octanol–water partition coefficient (Wildman–Crippen LogP) is -0.193. The Bertz CT molecular complexity index is 682. The zero-order chi connectivity index (χ0) is 17.6. The van der Waals surface area contributed by atoms with Crippen LogP contribution in [0.1, 0.15) is 18.9 Å². The van der Waals surface area contributed by atoms with Gasteiger partial charge in [0.2, 0.25) is 21.8 Å². The molecule has 1 fully saturated rings. The van der Waals surface area contributed by atoms with E-state index in [0.717, 1.165) is 5.56 Å². The average molecular weight is 355 g/mol. The molecule has 0 radical (unpaired) electrons. The number of amides is 2. The quantitative estimate of drug-likeness (QED) is 0.712. The summed E-state index contributed by atoms with van der Waals surface area (Å²) >= 11 is 0. The topological polar surface area (TPSA) is 105 Å². The first kappa shape index (κ1) is 18.4. The molecular weight excluding hydrogens is 334 g/mol. The van der Waals surface area contributed by atoms with Crippen molar-refractivity contribution in [3.8, 4) is 0 Å². The number of nitrogens with zero attached hydrogens (tertiary/aromatic N) is 1. The summed E-state index contributed by atoms with van der Waals surface area (Å²) in [5.74, 6) is -0.656. The van der Waals surface area contributed by atoms with Gasteiger partial charge in [-0.3, -0.25) is 20.4 Å². The van der Waals surface area contributed by atoms with Crippen LogP contribution in [-0.2, 0) is 30.8 Å². The number of hydrogen-bond donors (Lipinski definition) is 2. The number of carbonyl (C=O) groups excluding carboxylic acids is 2. The van der Waals surface area contributed by atoms with E-state index < -0.39 is 10.0 Å². The third-order valence-corrected chi connectivity index (χ3v) is 5.46. The highest BCUT2D eigenvalue weighted by Gasteiger charge is 2.26. The van der Waals surface area contributed by atoms with Gasteiger partial charge >= 0.3 is 0 Å². The molecule has 0 aromatic heterocycles. The van der Waals surface area contributed by atoms with Crippen LogP contribution in [0.5, 0.6) is 0 Å². The number of rotatable bonds is 5. The van der Waals surface area contributed by atoms with Gasteiger partial charge in [-0.05, 0) is 24.1 Å². The van der Waals surface area contributed by atoms with Crippen molar-refractivity contribution < 1.29 is 22.7 Å². The third kappa shape index (κ3) is 5.02. The van der Waals surface area contributed by atoms with E-state index in [4.69, 9.17) is 4.74 Å². The van der Waals surface area contributed by atoms with Crippen molar-refractivity contribution in [2.75, 3.05) is 26.3 Å². The standard InChI is InChI=1S/C15H21N3O5S/c1-12(19)16-17-15(20)7-4-13-2-5-14(6-3-13)24(21,22)18-8-10-23-11-9-18/h2-3,5-6H,4,7-11H2,1H3,(H,16,19)(H,17,20). The van der Waals surface area contributed by atoms with Crippen LogP contribution in [0.3, 0.4) is 0 Å². The van der Waals surface area contributed by atoms with Crippen LogP contribution in [-0.4, -0.2) is 50.8 Å². The van der Waals surface area contributed by atoms with Gasteiger partial charge < -0.3 is 4.74 Å². The summed E-state index contributed by atoms with van der Waals surface area (Å²) in [5, 5.41) is 0. The van der Waals surface area contributed by atoms with E-state index in [0.29, 0.717) is 32.7 Å². The fourth-order valence-corrected chi connectivity index (χ4v) is 3.65. The highest BCUT2D eigenvalue weighted by molar-refractivity contribution is 7.89. The molecule has 2 rings (SSSR count). The van der Waals surface area contributed by atoms with Crippen LogP contribution in [0.2, 0.25) is 0 Å². The summed E-state index contributed by atoms with van der Waals surface area (Å²) in [6.07, 6.45) is 0.638. The first-order valence-corrected chi connectivity index (χ1v) is 9.06. The summed E-state index contributed by atoms with van der Waals surface area (Å²) in [7, 11) is -3.50. The highest BCUT2D eigenvalue weighted by atomic mass is 32.2. The van der Waals surface area contributed by atoms with Crippen molar-refractivity contribution in [3.05, 3.63) is 29.8 Å². The van der Waals surface area contributed by atoms with Crippen molar-refractivity contribution in [3.63, 3.8) is 0 Å². The lowest BCUT2D eigenvalue weighted by Crippen LogP contribution is -2.40. The Kier molecular flexibility index (Phi) is 6.29. The lowest BCUT2D eigenvalue weighted by atomic mass is 10.1. The maximum absolute atomic E-state index is 12.5.